The van der Waals surface area contributed by atoms with Crippen LogP contribution in [0.5, 0.6) is 0 Å². The lowest BCUT2D eigenvalue weighted by Crippen LogP contribution is -2.26. The zero-order valence-corrected chi connectivity index (χ0v) is 8.63. The van der Waals surface area contributed by atoms with Crippen LogP contribution in [0.4, 0.5) is 0 Å². The summed E-state index contributed by atoms with van der Waals surface area (Å²) in [6, 6.07) is 0. The van der Waals surface area contributed by atoms with Gasteiger partial charge in [0, 0.05) is 0 Å². The van der Waals surface area contributed by atoms with Crippen molar-refractivity contribution in [2.75, 3.05) is 0 Å². The van der Waals surface area contributed by atoms with Crippen LogP contribution in [-0.4, -0.2) is 11.1 Å². The molecule has 2 saturated carbocycles. The molecule has 2 heteroatoms. The first kappa shape index (κ1) is 9.04. The smallest absolute Gasteiger partial charge is 0.306 e. The number of carbonyl (C=O) groups is 1. The molecule has 2 rings (SSSR count). The second kappa shape index (κ2) is 2.28. The molecule has 2 fully saturated rings. The van der Waals surface area contributed by atoms with E-state index in [2.05, 4.69) is 20.8 Å². The van der Waals surface area contributed by atoms with Crippen LogP contribution >= 0.6 is 0 Å². The molecule has 0 heterocycles. The summed E-state index contributed by atoms with van der Waals surface area (Å²) in [6.07, 6.45) is 3.22. The second-order valence-corrected chi connectivity index (χ2v) is 5.58. The van der Waals surface area contributed by atoms with Crippen molar-refractivity contribution in [2.45, 2.75) is 40.0 Å². The molecule has 3 atom stereocenters. The number of carboxylic acid groups (broad SMARTS) is 1. The Bertz CT molecular complexity index is 254. The maximum absolute atomic E-state index is 11.0. The van der Waals surface area contributed by atoms with Gasteiger partial charge in [0.25, 0.3) is 0 Å². The van der Waals surface area contributed by atoms with Crippen LogP contribution in [0.25, 0.3) is 0 Å². The molecule has 2 bridgehead atoms. The van der Waals surface area contributed by atoms with Crippen LogP contribution in [0.2, 0.25) is 0 Å². The number of aliphatic carboxylic acids is 1. The molecule has 2 nitrogen and oxygen atoms in total. The van der Waals surface area contributed by atoms with Crippen LogP contribution in [0, 0.1) is 22.7 Å². The van der Waals surface area contributed by atoms with Gasteiger partial charge < -0.3 is 5.11 Å². The van der Waals surface area contributed by atoms with Crippen LogP contribution in [0.3, 0.4) is 0 Å². The van der Waals surface area contributed by atoms with Gasteiger partial charge in [0.05, 0.1) is 5.92 Å². The molecule has 13 heavy (non-hydrogen) atoms. The van der Waals surface area contributed by atoms with Gasteiger partial charge in [-0.1, -0.05) is 20.8 Å². The minimum absolute atomic E-state index is 0.0752. The molecule has 2 aliphatic rings. The highest BCUT2D eigenvalue weighted by Crippen LogP contribution is 2.67. The molecule has 0 aromatic carbocycles. The number of fused-ring (bicyclic) bond motifs is 2. The molecule has 0 radical (unpaired) electrons. The van der Waals surface area contributed by atoms with Gasteiger partial charge in [0.1, 0.15) is 0 Å². The first-order valence-corrected chi connectivity index (χ1v) is 5.11. The quantitative estimate of drug-likeness (QED) is 0.676. The van der Waals surface area contributed by atoms with E-state index in [4.69, 9.17) is 5.11 Å². The highest BCUT2D eigenvalue weighted by atomic mass is 16.4. The predicted molar refractivity (Wildman–Crippen MR) is 50.4 cm³/mol. The van der Waals surface area contributed by atoms with E-state index in [1.165, 1.54) is 6.42 Å². The van der Waals surface area contributed by atoms with E-state index in [1.54, 1.807) is 0 Å². The largest absolute Gasteiger partial charge is 0.481 e. The van der Waals surface area contributed by atoms with Crippen molar-refractivity contribution in [2.24, 2.45) is 22.7 Å². The normalized spacial score (nSPS) is 46.7. The van der Waals surface area contributed by atoms with E-state index in [-0.39, 0.29) is 16.7 Å². The van der Waals surface area contributed by atoms with Crippen LogP contribution in [0.15, 0.2) is 0 Å². The van der Waals surface area contributed by atoms with Crippen molar-refractivity contribution in [3.05, 3.63) is 0 Å². The van der Waals surface area contributed by atoms with Gasteiger partial charge in [0.2, 0.25) is 0 Å². The average Bonchev–Trinajstić information content (AvgIpc) is 2.34. The molecule has 0 spiro atoms. The van der Waals surface area contributed by atoms with Crippen molar-refractivity contribution in [3.8, 4) is 0 Å². The topological polar surface area (TPSA) is 37.3 Å². The molecule has 0 aromatic rings. The lowest BCUT2D eigenvalue weighted by atomic mass is 9.71. The van der Waals surface area contributed by atoms with E-state index in [9.17, 15) is 4.79 Å². The van der Waals surface area contributed by atoms with Crippen molar-refractivity contribution in [3.63, 3.8) is 0 Å². The fraction of sp³-hybridized carbons (Fsp3) is 0.909. The first-order valence-electron chi connectivity index (χ1n) is 5.11. The molecule has 3 unspecified atom stereocenters. The second-order valence-electron chi connectivity index (χ2n) is 5.58. The third kappa shape index (κ3) is 0.918. The summed E-state index contributed by atoms with van der Waals surface area (Å²) in [5.74, 6) is -0.245. The van der Waals surface area contributed by atoms with Gasteiger partial charge in [-0.05, 0) is 36.0 Å². The molecule has 1 N–H and O–H groups in total. The maximum atomic E-state index is 11.0. The molecule has 0 saturated heterocycles. The molecule has 2 aliphatic carbocycles. The van der Waals surface area contributed by atoms with Crippen LogP contribution in [-0.2, 0) is 4.79 Å². The average molecular weight is 182 g/mol. The van der Waals surface area contributed by atoms with E-state index in [1.807, 2.05) is 0 Å². The Kier molecular flexibility index (Phi) is 1.59. The summed E-state index contributed by atoms with van der Waals surface area (Å²) in [6.45, 7) is 6.75. The van der Waals surface area contributed by atoms with Crippen molar-refractivity contribution >= 4 is 5.97 Å². The van der Waals surface area contributed by atoms with E-state index in [0.717, 1.165) is 12.8 Å². The van der Waals surface area contributed by atoms with Crippen molar-refractivity contribution < 1.29 is 9.90 Å². The summed E-state index contributed by atoms with van der Waals surface area (Å²) in [4.78, 5) is 11.0. The van der Waals surface area contributed by atoms with Gasteiger partial charge >= 0.3 is 5.97 Å². The van der Waals surface area contributed by atoms with E-state index in [0.29, 0.717) is 5.92 Å². The van der Waals surface area contributed by atoms with Crippen LogP contribution in [0.1, 0.15) is 40.0 Å². The number of carboxylic acids is 1. The maximum Gasteiger partial charge on any atom is 0.306 e. The number of rotatable bonds is 1. The van der Waals surface area contributed by atoms with Gasteiger partial charge in [-0.15, -0.1) is 0 Å². The zero-order chi connectivity index (χ0) is 9.85. The van der Waals surface area contributed by atoms with Crippen molar-refractivity contribution in [1.82, 2.24) is 0 Å². The first-order chi connectivity index (χ1) is 5.88. The Morgan fingerprint density at radius 1 is 1.38 bits per heavy atom. The Morgan fingerprint density at radius 2 is 2.00 bits per heavy atom. The van der Waals surface area contributed by atoms with Gasteiger partial charge in [-0.3, -0.25) is 4.79 Å². The number of hydrogen-bond acceptors (Lipinski definition) is 1. The Morgan fingerprint density at radius 3 is 2.23 bits per heavy atom. The third-order valence-electron chi connectivity index (χ3n) is 4.96. The van der Waals surface area contributed by atoms with Gasteiger partial charge in [-0.25, -0.2) is 0 Å². The van der Waals surface area contributed by atoms with Crippen molar-refractivity contribution in [1.29, 1.82) is 0 Å². The van der Waals surface area contributed by atoms with Gasteiger partial charge in [-0.2, -0.15) is 0 Å². The highest BCUT2D eigenvalue weighted by Gasteiger charge is 2.62. The summed E-state index contributed by atoms with van der Waals surface area (Å²) < 4.78 is 0. The molecular formula is C11H18O2. The lowest BCUT2D eigenvalue weighted by Gasteiger charge is -2.34. The number of hydrogen-bond donors (Lipinski definition) is 1. The van der Waals surface area contributed by atoms with Crippen LogP contribution < -0.4 is 0 Å². The Balaban J connectivity index is 2.34. The zero-order valence-electron chi connectivity index (χ0n) is 8.63. The molecule has 0 amide bonds. The molecule has 74 valence electrons. The summed E-state index contributed by atoms with van der Waals surface area (Å²) >= 11 is 0. The Labute approximate surface area is 79.3 Å². The molecule has 0 aliphatic heterocycles. The lowest BCUT2D eigenvalue weighted by molar-refractivity contribution is -0.144. The SMILES string of the molecule is CC12CCC(C(C(=O)O)C1)C2(C)C. The summed E-state index contributed by atoms with van der Waals surface area (Å²) in [5, 5.41) is 9.08. The predicted octanol–water partition coefficient (Wildman–Crippen LogP) is 2.53. The minimum atomic E-state index is -0.582. The third-order valence-corrected chi connectivity index (χ3v) is 4.96. The fourth-order valence-electron chi connectivity index (χ4n) is 3.56. The fourth-order valence-corrected chi connectivity index (χ4v) is 3.56. The van der Waals surface area contributed by atoms with Gasteiger partial charge in [0.15, 0.2) is 0 Å². The highest BCUT2D eigenvalue weighted by molar-refractivity contribution is 5.71. The molecular weight excluding hydrogens is 164 g/mol. The minimum Gasteiger partial charge on any atom is -0.481 e. The standard InChI is InChI=1S/C11H18O2/c1-10(2)8-4-5-11(10,3)6-7(8)9(12)13/h7-8H,4-6H2,1-3H3,(H,12,13). The monoisotopic (exact) mass is 182 g/mol. The molecule has 0 aromatic heterocycles. The van der Waals surface area contributed by atoms with E-state index < -0.39 is 5.97 Å². The summed E-state index contributed by atoms with van der Waals surface area (Å²) in [7, 11) is 0. The summed E-state index contributed by atoms with van der Waals surface area (Å²) in [5.41, 5.74) is 0.511. The van der Waals surface area contributed by atoms with E-state index >= 15 is 0 Å². The Hall–Kier alpha value is -0.530.